The standard InChI is InChI=1S/C10H5Cl2F3O2/c11-5-1-2-6(7(12)3-5)8(16)4-9(17)10(13,14)15/h1-3H,4H2. The van der Waals surface area contributed by atoms with Gasteiger partial charge in [-0.3, -0.25) is 9.59 Å². The van der Waals surface area contributed by atoms with Gasteiger partial charge in [0.2, 0.25) is 5.78 Å². The van der Waals surface area contributed by atoms with Gasteiger partial charge in [-0.25, -0.2) is 0 Å². The summed E-state index contributed by atoms with van der Waals surface area (Å²) in [6.07, 6.45) is -6.28. The Bertz CT molecular complexity index is 469. The van der Waals surface area contributed by atoms with Gasteiger partial charge < -0.3 is 0 Å². The third-order valence-electron chi connectivity index (χ3n) is 1.87. The average molecular weight is 285 g/mol. The Morgan fingerprint density at radius 2 is 1.76 bits per heavy atom. The van der Waals surface area contributed by atoms with Crippen molar-refractivity contribution in [2.75, 3.05) is 0 Å². The fourth-order valence-corrected chi connectivity index (χ4v) is 1.57. The summed E-state index contributed by atoms with van der Waals surface area (Å²) >= 11 is 11.2. The molecule has 0 atom stereocenters. The molecule has 2 nitrogen and oxygen atoms in total. The summed E-state index contributed by atoms with van der Waals surface area (Å²) in [5, 5.41) is 0.158. The van der Waals surface area contributed by atoms with Crippen LogP contribution in [0.25, 0.3) is 0 Å². The van der Waals surface area contributed by atoms with Crippen molar-refractivity contribution in [3.63, 3.8) is 0 Å². The minimum absolute atomic E-state index is 0.0857. The largest absolute Gasteiger partial charge is 0.450 e. The summed E-state index contributed by atoms with van der Waals surface area (Å²) in [6.45, 7) is 0. The number of Topliss-reactive ketones (excluding diaryl/α,β-unsaturated/α-hetero) is 2. The Hall–Kier alpha value is -1.07. The fourth-order valence-electron chi connectivity index (χ4n) is 1.06. The van der Waals surface area contributed by atoms with E-state index in [2.05, 4.69) is 0 Å². The normalized spacial score (nSPS) is 11.4. The molecule has 0 spiro atoms. The van der Waals surface area contributed by atoms with Crippen molar-refractivity contribution in [2.24, 2.45) is 0 Å². The molecule has 1 aromatic carbocycles. The molecule has 7 heteroatoms. The molecule has 0 radical (unpaired) electrons. The second-order valence-corrected chi connectivity index (χ2v) is 3.99. The lowest BCUT2D eigenvalue weighted by atomic mass is 10.1. The molecule has 0 heterocycles. The molecule has 0 saturated carbocycles. The first kappa shape index (κ1) is 14.0. The van der Waals surface area contributed by atoms with Crippen LogP contribution in [0, 0.1) is 0 Å². The summed E-state index contributed by atoms with van der Waals surface area (Å²) < 4.78 is 35.8. The second-order valence-electron chi connectivity index (χ2n) is 3.15. The van der Waals surface area contributed by atoms with Crippen molar-refractivity contribution in [2.45, 2.75) is 12.6 Å². The van der Waals surface area contributed by atoms with Gasteiger partial charge in [0.05, 0.1) is 11.4 Å². The second kappa shape index (κ2) is 5.06. The van der Waals surface area contributed by atoms with E-state index < -0.39 is 24.2 Å². The van der Waals surface area contributed by atoms with Gasteiger partial charge in [-0.15, -0.1) is 0 Å². The van der Waals surface area contributed by atoms with Gasteiger partial charge in [0.15, 0.2) is 5.78 Å². The van der Waals surface area contributed by atoms with Crippen LogP contribution in [0.5, 0.6) is 0 Å². The van der Waals surface area contributed by atoms with Gasteiger partial charge >= 0.3 is 6.18 Å². The predicted octanol–water partition coefficient (Wildman–Crippen LogP) is 3.70. The number of hydrogen-bond acceptors (Lipinski definition) is 2. The SMILES string of the molecule is O=C(CC(=O)C(F)(F)F)c1ccc(Cl)cc1Cl. The number of halogens is 5. The molecular formula is C10H5Cl2F3O2. The fraction of sp³-hybridized carbons (Fsp3) is 0.200. The number of carbonyl (C=O) groups excluding carboxylic acids is 2. The van der Waals surface area contributed by atoms with Crippen molar-refractivity contribution in [1.82, 2.24) is 0 Å². The first-order valence-corrected chi connectivity index (χ1v) is 5.05. The molecular weight excluding hydrogens is 280 g/mol. The number of benzene rings is 1. The molecule has 0 fully saturated rings. The van der Waals surface area contributed by atoms with E-state index in [-0.39, 0.29) is 15.6 Å². The smallest absolute Gasteiger partial charge is 0.294 e. The molecule has 0 aromatic heterocycles. The van der Waals surface area contributed by atoms with E-state index in [1.807, 2.05) is 0 Å². The van der Waals surface area contributed by atoms with Gasteiger partial charge in [0, 0.05) is 10.6 Å². The number of carbonyl (C=O) groups is 2. The zero-order valence-corrected chi connectivity index (χ0v) is 9.66. The molecule has 1 aromatic rings. The van der Waals surface area contributed by atoms with Crippen LogP contribution in [-0.4, -0.2) is 17.7 Å². The topological polar surface area (TPSA) is 34.1 Å². The molecule has 17 heavy (non-hydrogen) atoms. The third kappa shape index (κ3) is 3.71. The van der Waals surface area contributed by atoms with E-state index >= 15 is 0 Å². The van der Waals surface area contributed by atoms with Crippen molar-refractivity contribution < 1.29 is 22.8 Å². The van der Waals surface area contributed by atoms with E-state index in [4.69, 9.17) is 23.2 Å². The molecule has 0 unspecified atom stereocenters. The highest BCUT2D eigenvalue weighted by atomic mass is 35.5. The molecule has 0 aliphatic rings. The van der Waals surface area contributed by atoms with E-state index in [1.54, 1.807) is 0 Å². The average Bonchev–Trinajstić information content (AvgIpc) is 2.15. The monoisotopic (exact) mass is 284 g/mol. The van der Waals surface area contributed by atoms with E-state index in [0.29, 0.717) is 0 Å². The highest BCUT2D eigenvalue weighted by Crippen LogP contribution is 2.24. The van der Waals surface area contributed by atoms with Gasteiger partial charge in [0.25, 0.3) is 0 Å². The van der Waals surface area contributed by atoms with Crippen molar-refractivity contribution in [1.29, 1.82) is 0 Å². The third-order valence-corrected chi connectivity index (χ3v) is 2.42. The lowest BCUT2D eigenvalue weighted by Gasteiger charge is -2.06. The molecule has 0 amide bonds. The van der Waals surface area contributed by atoms with Crippen LogP contribution in [0.4, 0.5) is 13.2 Å². The maximum atomic E-state index is 11.9. The van der Waals surface area contributed by atoms with Crippen LogP contribution in [-0.2, 0) is 4.79 Å². The number of hydrogen-bond donors (Lipinski definition) is 0. The maximum absolute atomic E-state index is 11.9. The Balaban J connectivity index is 2.88. The van der Waals surface area contributed by atoms with E-state index in [9.17, 15) is 22.8 Å². The summed E-state index contributed by atoms with van der Waals surface area (Å²) in [5.41, 5.74) is -0.159. The van der Waals surface area contributed by atoms with Gasteiger partial charge in [-0.2, -0.15) is 13.2 Å². The van der Waals surface area contributed by atoms with Crippen molar-refractivity contribution in [3.05, 3.63) is 33.8 Å². The van der Waals surface area contributed by atoms with Crippen LogP contribution in [0.2, 0.25) is 10.0 Å². The lowest BCUT2D eigenvalue weighted by molar-refractivity contribution is -0.170. The Kier molecular flexibility index (Phi) is 4.16. The minimum Gasteiger partial charge on any atom is -0.294 e. The molecule has 92 valence electrons. The highest BCUT2D eigenvalue weighted by molar-refractivity contribution is 6.37. The van der Waals surface area contributed by atoms with Crippen LogP contribution < -0.4 is 0 Å². The predicted molar refractivity (Wildman–Crippen MR) is 56.5 cm³/mol. The van der Waals surface area contributed by atoms with Crippen LogP contribution in [0.15, 0.2) is 18.2 Å². The quantitative estimate of drug-likeness (QED) is 0.627. The Morgan fingerprint density at radius 1 is 1.18 bits per heavy atom. The molecule has 1 rings (SSSR count). The van der Waals surface area contributed by atoms with Crippen LogP contribution in [0.3, 0.4) is 0 Å². The van der Waals surface area contributed by atoms with Crippen LogP contribution in [0.1, 0.15) is 16.8 Å². The first-order valence-electron chi connectivity index (χ1n) is 4.30. The van der Waals surface area contributed by atoms with E-state index in [0.717, 1.165) is 0 Å². The number of alkyl halides is 3. The van der Waals surface area contributed by atoms with Gasteiger partial charge in [0.1, 0.15) is 0 Å². The zero-order valence-electron chi connectivity index (χ0n) is 8.15. The van der Waals surface area contributed by atoms with Crippen molar-refractivity contribution in [3.8, 4) is 0 Å². The summed E-state index contributed by atoms with van der Waals surface area (Å²) in [4.78, 5) is 22.0. The summed E-state index contributed by atoms with van der Waals surface area (Å²) in [5.74, 6) is -3.09. The summed E-state index contributed by atoms with van der Waals surface area (Å²) in [7, 11) is 0. The van der Waals surface area contributed by atoms with Gasteiger partial charge in [-0.05, 0) is 18.2 Å². The summed E-state index contributed by atoms with van der Waals surface area (Å²) in [6, 6.07) is 3.70. The molecule has 0 bridgehead atoms. The molecule has 0 N–H and O–H groups in total. The Morgan fingerprint density at radius 3 is 2.24 bits per heavy atom. The lowest BCUT2D eigenvalue weighted by Crippen LogP contribution is -2.25. The zero-order chi connectivity index (χ0) is 13.2. The van der Waals surface area contributed by atoms with Crippen LogP contribution >= 0.6 is 23.2 Å². The number of ketones is 2. The maximum Gasteiger partial charge on any atom is 0.450 e. The minimum atomic E-state index is -5.02. The van der Waals surface area contributed by atoms with E-state index in [1.165, 1.54) is 18.2 Å². The Labute approximate surface area is 104 Å². The van der Waals surface area contributed by atoms with Gasteiger partial charge in [-0.1, -0.05) is 23.2 Å². The van der Waals surface area contributed by atoms with Crippen molar-refractivity contribution >= 4 is 34.8 Å². The highest BCUT2D eigenvalue weighted by Gasteiger charge is 2.39. The molecule has 0 aliphatic carbocycles. The molecule has 0 saturated heterocycles. The first-order chi connectivity index (χ1) is 7.71. The molecule has 0 aliphatic heterocycles. The number of rotatable bonds is 3.